The van der Waals surface area contributed by atoms with Crippen LogP contribution in [0.5, 0.6) is 0 Å². The summed E-state index contributed by atoms with van der Waals surface area (Å²) in [6.45, 7) is 3.89. The van der Waals surface area contributed by atoms with Gasteiger partial charge in [-0.2, -0.15) is 0 Å². The largest absolute Gasteiger partial charge is 0.332 e. The van der Waals surface area contributed by atoms with Gasteiger partial charge >= 0.3 is 0 Å². The minimum absolute atomic E-state index is 0.581. The molecule has 1 atom stereocenters. The fourth-order valence-corrected chi connectivity index (χ4v) is 4.51. The van der Waals surface area contributed by atoms with Gasteiger partial charge in [-0.1, -0.05) is 29.8 Å². The zero-order chi connectivity index (χ0) is 13.9. The lowest BCUT2D eigenvalue weighted by Crippen LogP contribution is -2.16. The highest BCUT2D eigenvalue weighted by Crippen LogP contribution is 2.47. The minimum Gasteiger partial charge on any atom is -0.332 e. The summed E-state index contributed by atoms with van der Waals surface area (Å²) in [6, 6.07) is 8.93. The Morgan fingerprint density at radius 3 is 2.26 bits per heavy atom. The molecule has 0 N–H and O–H groups in total. The topological polar surface area (TPSA) is 26.3 Å². The highest BCUT2D eigenvalue weighted by molar-refractivity contribution is 7.58. The average molecular weight is 280 g/mol. The van der Waals surface area contributed by atoms with Crippen molar-refractivity contribution in [1.29, 1.82) is 0 Å². The summed E-state index contributed by atoms with van der Waals surface area (Å²) in [7, 11) is -0.772. The first-order valence-electron chi connectivity index (χ1n) is 7.19. The van der Waals surface area contributed by atoms with Gasteiger partial charge in [0.05, 0.1) is 0 Å². The first-order valence-corrected chi connectivity index (χ1v) is 9.45. The second-order valence-corrected chi connectivity index (χ2v) is 8.77. The van der Waals surface area contributed by atoms with Crippen molar-refractivity contribution in [1.82, 2.24) is 0 Å². The van der Waals surface area contributed by atoms with Crippen molar-refractivity contribution < 1.29 is 9.09 Å². The molecule has 0 amide bonds. The van der Waals surface area contributed by atoms with Crippen LogP contribution in [-0.4, -0.2) is 19.9 Å². The predicted octanol–water partition coefficient (Wildman–Crippen LogP) is 4.82. The van der Waals surface area contributed by atoms with Gasteiger partial charge < -0.3 is 4.52 Å². The molecule has 1 aliphatic carbocycles. The van der Waals surface area contributed by atoms with Crippen molar-refractivity contribution in [3.05, 3.63) is 35.4 Å². The minimum atomic E-state index is -2.34. The van der Waals surface area contributed by atoms with Gasteiger partial charge in [0.25, 0.3) is 0 Å². The summed E-state index contributed by atoms with van der Waals surface area (Å²) >= 11 is 0. The van der Waals surface area contributed by atoms with Crippen LogP contribution in [0, 0.1) is 12.8 Å². The zero-order valence-electron chi connectivity index (χ0n) is 12.3. The fourth-order valence-electron chi connectivity index (χ4n) is 3.06. The standard InChI is InChI=1S/C16H25O2P/c1-13-4-8-15(9-5-13)16-10-6-14(7-11-16)12-19(3,17)18-2/h4-5,8-9,14,16H,6-7,10-12H2,1-3H3. The maximum Gasteiger partial charge on any atom is 0.200 e. The number of hydrogen-bond donors (Lipinski definition) is 0. The molecule has 1 aliphatic rings. The number of aryl methyl sites for hydroxylation is 1. The molecule has 0 aromatic heterocycles. The maximum atomic E-state index is 12.0. The summed E-state index contributed by atoms with van der Waals surface area (Å²) in [5.41, 5.74) is 2.79. The molecule has 1 unspecified atom stereocenters. The van der Waals surface area contributed by atoms with Gasteiger partial charge in [-0.3, -0.25) is 4.57 Å². The smallest absolute Gasteiger partial charge is 0.200 e. The third-order valence-electron chi connectivity index (χ3n) is 4.37. The van der Waals surface area contributed by atoms with Crippen LogP contribution in [0.15, 0.2) is 24.3 Å². The van der Waals surface area contributed by atoms with E-state index in [0.29, 0.717) is 11.8 Å². The Hall–Kier alpha value is -0.590. The molecule has 2 nitrogen and oxygen atoms in total. The summed E-state index contributed by atoms with van der Waals surface area (Å²) < 4.78 is 17.1. The Bertz CT molecular complexity index is 444. The number of benzene rings is 1. The van der Waals surface area contributed by atoms with Gasteiger partial charge in [0, 0.05) is 19.9 Å². The lowest BCUT2D eigenvalue weighted by atomic mass is 9.79. The molecule has 3 heteroatoms. The lowest BCUT2D eigenvalue weighted by Gasteiger charge is -2.30. The Morgan fingerprint density at radius 1 is 1.16 bits per heavy atom. The average Bonchev–Trinajstić information content (AvgIpc) is 2.40. The molecular weight excluding hydrogens is 255 g/mol. The number of hydrogen-bond acceptors (Lipinski definition) is 2. The van der Waals surface area contributed by atoms with E-state index < -0.39 is 7.37 Å². The van der Waals surface area contributed by atoms with Gasteiger partial charge in [0.1, 0.15) is 0 Å². The molecule has 0 spiro atoms. The van der Waals surface area contributed by atoms with Gasteiger partial charge in [0.15, 0.2) is 7.37 Å². The highest BCUT2D eigenvalue weighted by atomic mass is 31.2. The van der Waals surface area contributed by atoms with Crippen LogP contribution in [0.3, 0.4) is 0 Å². The van der Waals surface area contributed by atoms with Crippen molar-refractivity contribution in [2.45, 2.75) is 38.5 Å². The summed E-state index contributed by atoms with van der Waals surface area (Å²) in [6.07, 6.45) is 5.55. The van der Waals surface area contributed by atoms with Crippen LogP contribution in [0.1, 0.15) is 42.7 Å². The van der Waals surface area contributed by atoms with E-state index in [2.05, 4.69) is 31.2 Å². The van der Waals surface area contributed by atoms with Crippen molar-refractivity contribution in [2.75, 3.05) is 19.9 Å². The quantitative estimate of drug-likeness (QED) is 0.739. The van der Waals surface area contributed by atoms with Crippen LogP contribution in [0.25, 0.3) is 0 Å². The molecule has 1 aromatic carbocycles. The second-order valence-electron chi connectivity index (χ2n) is 6.01. The third-order valence-corrected chi connectivity index (χ3v) is 6.32. The monoisotopic (exact) mass is 280 g/mol. The summed E-state index contributed by atoms with van der Waals surface area (Å²) in [4.78, 5) is 0. The van der Waals surface area contributed by atoms with E-state index in [-0.39, 0.29) is 0 Å². The first-order chi connectivity index (χ1) is 9.00. The fraction of sp³-hybridized carbons (Fsp3) is 0.625. The molecule has 1 fully saturated rings. The number of rotatable bonds is 4. The van der Waals surface area contributed by atoms with E-state index in [1.165, 1.54) is 36.8 Å². The van der Waals surface area contributed by atoms with Crippen LogP contribution in [0.4, 0.5) is 0 Å². The Kier molecular flexibility index (Phi) is 4.86. The van der Waals surface area contributed by atoms with E-state index in [1.54, 1.807) is 13.8 Å². The second kappa shape index (κ2) is 6.24. The third kappa shape index (κ3) is 4.19. The van der Waals surface area contributed by atoms with E-state index in [1.807, 2.05) is 0 Å². The van der Waals surface area contributed by atoms with Crippen LogP contribution in [-0.2, 0) is 9.09 Å². The predicted molar refractivity (Wildman–Crippen MR) is 81.3 cm³/mol. The summed E-state index contributed by atoms with van der Waals surface area (Å²) in [5, 5.41) is 0. The van der Waals surface area contributed by atoms with E-state index >= 15 is 0 Å². The maximum absolute atomic E-state index is 12.0. The molecule has 0 saturated heterocycles. The molecule has 1 aromatic rings. The Labute approximate surface area is 117 Å². The van der Waals surface area contributed by atoms with Crippen molar-refractivity contribution in [2.24, 2.45) is 5.92 Å². The molecule has 0 radical (unpaired) electrons. The lowest BCUT2D eigenvalue weighted by molar-refractivity contribution is 0.331. The van der Waals surface area contributed by atoms with Crippen molar-refractivity contribution in [3.63, 3.8) is 0 Å². The Morgan fingerprint density at radius 2 is 1.74 bits per heavy atom. The van der Waals surface area contributed by atoms with E-state index in [9.17, 15) is 4.57 Å². The highest BCUT2D eigenvalue weighted by Gasteiger charge is 2.27. The van der Waals surface area contributed by atoms with Gasteiger partial charge in [-0.25, -0.2) is 0 Å². The van der Waals surface area contributed by atoms with Gasteiger partial charge in [0.2, 0.25) is 0 Å². The first kappa shape index (κ1) is 14.8. The van der Waals surface area contributed by atoms with Crippen LogP contribution in [0.2, 0.25) is 0 Å². The molecule has 0 aliphatic heterocycles. The molecule has 19 heavy (non-hydrogen) atoms. The molecule has 2 rings (SSSR count). The molecule has 106 valence electrons. The molecule has 0 heterocycles. The summed E-state index contributed by atoms with van der Waals surface area (Å²) in [5.74, 6) is 1.27. The SMILES string of the molecule is COP(C)(=O)CC1CCC(c2ccc(C)cc2)CC1. The molecule has 0 bridgehead atoms. The van der Waals surface area contributed by atoms with Crippen molar-refractivity contribution >= 4 is 7.37 Å². The van der Waals surface area contributed by atoms with Gasteiger partial charge in [-0.05, 0) is 50.0 Å². The van der Waals surface area contributed by atoms with E-state index in [0.717, 1.165) is 6.16 Å². The Balaban J connectivity index is 1.89. The van der Waals surface area contributed by atoms with Gasteiger partial charge in [-0.15, -0.1) is 0 Å². The van der Waals surface area contributed by atoms with Crippen LogP contribution >= 0.6 is 7.37 Å². The molecular formula is C16H25O2P. The van der Waals surface area contributed by atoms with Crippen LogP contribution < -0.4 is 0 Å². The molecule has 1 saturated carbocycles. The normalized spacial score (nSPS) is 26.9. The van der Waals surface area contributed by atoms with E-state index in [4.69, 9.17) is 4.52 Å². The van der Waals surface area contributed by atoms with Crippen molar-refractivity contribution in [3.8, 4) is 0 Å². The zero-order valence-corrected chi connectivity index (χ0v) is 13.2.